The molecule has 0 amide bonds. The third-order valence-electron chi connectivity index (χ3n) is 2.68. The van der Waals surface area contributed by atoms with Crippen molar-refractivity contribution in [3.05, 3.63) is 24.3 Å². The highest BCUT2D eigenvalue weighted by atomic mass is 14.9. The van der Waals surface area contributed by atoms with Crippen molar-refractivity contribution >= 4 is 5.71 Å². The summed E-state index contributed by atoms with van der Waals surface area (Å²) in [7, 11) is 0. The molecule has 1 aliphatic rings. The Balaban J connectivity index is 2.83. The van der Waals surface area contributed by atoms with Crippen LogP contribution in [0.4, 0.5) is 0 Å². The van der Waals surface area contributed by atoms with Crippen LogP contribution in [0, 0.1) is 11.8 Å². The Hall–Kier alpha value is -0.850. The number of hydrogen-bond acceptors (Lipinski definition) is 1. The molecule has 0 N–H and O–H groups in total. The lowest BCUT2D eigenvalue weighted by Crippen LogP contribution is -2.20. The fraction of sp³-hybridized carbons (Fsp3) is 0.615. The van der Waals surface area contributed by atoms with Gasteiger partial charge < -0.3 is 0 Å². The van der Waals surface area contributed by atoms with Crippen LogP contribution in [0.3, 0.4) is 0 Å². The second kappa shape index (κ2) is 4.12. The number of nitrogens with zero attached hydrogens (tertiary/aromatic N) is 1. The normalized spacial score (nSPS) is 20.1. The maximum atomic E-state index is 4.83. The summed E-state index contributed by atoms with van der Waals surface area (Å²) in [6.07, 6.45) is 8.58. The summed E-state index contributed by atoms with van der Waals surface area (Å²) in [6.45, 7) is 10.9. The zero-order valence-corrected chi connectivity index (χ0v) is 9.91. The minimum atomic E-state index is 0.0408. The lowest BCUT2D eigenvalue weighted by atomic mass is 9.98. The van der Waals surface area contributed by atoms with Gasteiger partial charge in [0, 0.05) is 5.71 Å². The molecule has 14 heavy (non-hydrogen) atoms. The van der Waals surface area contributed by atoms with E-state index in [0.29, 0.717) is 11.8 Å². The molecule has 0 bridgehead atoms. The van der Waals surface area contributed by atoms with Gasteiger partial charge in [0.25, 0.3) is 0 Å². The molecular formula is C13H21N. The van der Waals surface area contributed by atoms with E-state index in [-0.39, 0.29) is 5.54 Å². The van der Waals surface area contributed by atoms with Crippen molar-refractivity contribution in [1.82, 2.24) is 0 Å². The second-order valence-electron chi connectivity index (χ2n) is 4.57. The maximum Gasteiger partial charge on any atom is 0.0996 e. The summed E-state index contributed by atoms with van der Waals surface area (Å²) in [5.74, 6) is 1.07. The molecule has 0 aromatic heterocycles. The van der Waals surface area contributed by atoms with Crippen LogP contribution in [-0.2, 0) is 0 Å². The first-order chi connectivity index (χ1) is 6.52. The molecule has 78 valence electrons. The van der Waals surface area contributed by atoms with Gasteiger partial charge in [0.05, 0.1) is 5.54 Å². The van der Waals surface area contributed by atoms with Crippen molar-refractivity contribution in [2.24, 2.45) is 16.8 Å². The molecule has 0 radical (unpaired) electrons. The Kier molecular flexibility index (Phi) is 3.30. The first-order valence-electron chi connectivity index (χ1n) is 5.44. The molecule has 0 fully saturated rings. The van der Waals surface area contributed by atoms with E-state index in [1.165, 1.54) is 5.71 Å². The molecule has 0 aliphatic heterocycles. The van der Waals surface area contributed by atoms with E-state index in [4.69, 9.17) is 4.99 Å². The zero-order chi connectivity index (χ0) is 10.8. The highest BCUT2D eigenvalue weighted by molar-refractivity contribution is 5.97. The standard InChI is InChI=1S/C13H21N/c1-6-7-12(10(2)3)14-13(8-9-13)11(4)5/h6-11H,1-5H3/b7-6-,14-12?. The first-order valence-corrected chi connectivity index (χ1v) is 5.44. The zero-order valence-electron chi connectivity index (χ0n) is 9.91. The van der Waals surface area contributed by atoms with Gasteiger partial charge in [-0.3, -0.25) is 4.99 Å². The van der Waals surface area contributed by atoms with Crippen LogP contribution in [0.2, 0.25) is 0 Å². The van der Waals surface area contributed by atoms with E-state index in [2.05, 4.69) is 52.0 Å². The monoisotopic (exact) mass is 191 g/mol. The first kappa shape index (κ1) is 11.2. The molecule has 0 heterocycles. The average Bonchev–Trinajstić information content (AvgIpc) is 2.84. The third kappa shape index (κ3) is 2.34. The average molecular weight is 191 g/mol. The Bertz CT molecular complexity index is 274. The fourth-order valence-corrected chi connectivity index (χ4v) is 1.43. The summed E-state index contributed by atoms with van der Waals surface area (Å²) < 4.78 is 0. The Morgan fingerprint density at radius 3 is 2.07 bits per heavy atom. The Labute approximate surface area is 87.6 Å². The smallest absolute Gasteiger partial charge is 0.0996 e. The molecule has 1 rings (SSSR count). The molecular weight excluding hydrogens is 170 g/mol. The van der Waals surface area contributed by atoms with E-state index in [0.717, 1.165) is 0 Å². The Morgan fingerprint density at radius 2 is 1.79 bits per heavy atom. The maximum absolute atomic E-state index is 4.83. The van der Waals surface area contributed by atoms with Crippen LogP contribution >= 0.6 is 0 Å². The highest BCUT2D eigenvalue weighted by Gasteiger charge is 2.37. The van der Waals surface area contributed by atoms with E-state index >= 15 is 0 Å². The van der Waals surface area contributed by atoms with E-state index in [1.807, 2.05) is 6.92 Å². The van der Waals surface area contributed by atoms with Crippen molar-refractivity contribution < 1.29 is 0 Å². The molecule has 0 unspecified atom stereocenters. The molecule has 0 spiro atoms. The van der Waals surface area contributed by atoms with Gasteiger partial charge in [0.1, 0.15) is 0 Å². The lowest BCUT2D eigenvalue weighted by Gasteiger charge is -2.18. The summed E-state index contributed by atoms with van der Waals surface area (Å²) in [5.41, 5.74) is 1.24. The van der Waals surface area contributed by atoms with Crippen LogP contribution in [-0.4, -0.2) is 11.3 Å². The van der Waals surface area contributed by atoms with Crippen LogP contribution < -0.4 is 0 Å². The van der Waals surface area contributed by atoms with Gasteiger partial charge in [-0.15, -0.1) is 0 Å². The van der Waals surface area contributed by atoms with E-state index < -0.39 is 0 Å². The summed E-state index contributed by atoms with van der Waals surface area (Å²) in [5, 5.41) is 0. The van der Waals surface area contributed by atoms with Gasteiger partial charge in [-0.1, -0.05) is 45.9 Å². The molecule has 0 atom stereocenters. The van der Waals surface area contributed by atoms with Gasteiger partial charge in [-0.25, -0.2) is 0 Å². The number of rotatable bonds is 4. The quantitative estimate of drug-likeness (QED) is 0.475. The largest absolute Gasteiger partial charge is 0.274 e. The third-order valence-corrected chi connectivity index (χ3v) is 2.68. The molecule has 1 nitrogen and oxygen atoms in total. The molecule has 0 aromatic rings. The summed E-state index contributed by atoms with van der Waals surface area (Å²) in [6, 6.07) is 0. The van der Waals surface area contributed by atoms with Crippen molar-refractivity contribution in [2.75, 3.05) is 0 Å². The molecule has 1 aliphatic carbocycles. The number of aliphatic imine (C=N–C) groups is 1. The summed E-state index contributed by atoms with van der Waals surface area (Å²) in [4.78, 5) is 4.83. The minimum Gasteiger partial charge on any atom is -0.274 e. The predicted molar refractivity (Wildman–Crippen MR) is 63.8 cm³/mol. The molecule has 0 aromatic carbocycles. The van der Waals surface area contributed by atoms with Gasteiger partial charge in [-0.2, -0.15) is 0 Å². The molecule has 0 saturated heterocycles. The Morgan fingerprint density at radius 1 is 1.21 bits per heavy atom. The SMILES string of the molecule is C/C=C\C(=NC1(C(C)C)C=C1)C(C)C. The van der Waals surface area contributed by atoms with Crippen molar-refractivity contribution in [3.63, 3.8) is 0 Å². The summed E-state index contributed by atoms with van der Waals surface area (Å²) >= 11 is 0. The molecule has 0 saturated carbocycles. The van der Waals surface area contributed by atoms with Crippen molar-refractivity contribution in [3.8, 4) is 0 Å². The predicted octanol–water partition coefficient (Wildman–Crippen LogP) is 3.62. The minimum absolute atomic E-state index is 0.0408. The fourth-order valence-electron chi connectivity index (χ4n) is 1.43. The van der Waals surface area contributed by atoms with Gasteiger partial charge in [-0.05, 0) is 24.8 Å². The van der Waals surface area contributed by atoms with Crippen molar-refractivity contribution in [1.29, 1.82) is 0 Å². The van der Waals surface area contributed by atoms with Gasteiger partial charge in [0.15, 0.2) is 0 Å². The molecule has 1 heteroatoms. The van der Waals surface area contributed by atoms with E-state index in [1.54, 1.807) is 0 Å². The number of allylic oxidation sites excluding steroid dienone is 2. The van der Waals surface area contributed by atoms with Crippen LogP contribution in [0.15, 0.2) is 29.3 Å². The van der Waals surface area contributed by atoms with Crippen LogP contribution in [0.25, 0.3) is 0 Å². The number of hydrogen-bond donors (Lipinski definition) is 0. The lowest BCUT2D eigenvalue weighted by molar-refractivity contribution is 0.518. The van der Waals surface area contributed by atoms with Gasteiger partial charge in [0.2, 0.25) is 0 Å². The second-order valence-corrected chi connectivity index (χ2v) is 4.57. The van der Waals surface area contributed by atoms with Crippen molar-refractivity contribution in [2.45, 2.75) is 40.2 Å². The van der Waals surface area contributed by atoms with Crippen LogP contribution in [0.1, 0.15) is 34.6 Å². The van der Waals surface area contributed by atoms with E-state index in [9.17, 15) is 0 Å². The highest BCUT2D eigenvalue weighted by Crippen LogP contribution is 2.37. The topological polar surface area (TPSA) is 12.4 Å². The van der Waals surface area contributed by atoms with Crippen LogP contribution in [0.5, 0.6) is 0 Å². The van der Waals surface area contributed by atoms with Gasteiger partial charge >= 0.3 is 0 Å².